The predicted octanol–water partition coefficient (Wildman–Crippen LogP) is 0.738. The molecule has 0 aromatic heterocycles. The Kier molecular flexibility index (Phi) is 3.30. The summed E-state index contributed by atoms with van der Waals surface area (Å²) in [5.41, 5.74) is 0. The molecule has 0 atom stereocenters. The van der Waals surface area contributed by atoms with Crippen molar-refractivity contribution in [2.24, 2.45) is 5.92 Å². The summed E-state index contributed by atoms with van der Waals surface area (Å²) in [7, 11) is 0. The van der Waals surface area contributed by atoms with Crippen molar-refractivity contribution in [3.8, 4) is 0 Å². The quantitative estimate of drug-likeness (QED) is 0.361. The van der Waals surface area contributed by atoms with Crippen molar-refractivity contribution in [3.63, 3.8) is 0 Å². The van der Waals surface area contributed by atoms with E-state index in [0.29, 0.717) is 6.08 Å². The molecule has 0 spiro atoms. The standard InChI is InChI=1S/C7H10O4/c1-4(2)5(8)3-6(9)7(10)11/h3-4,8H,1-2H3,(H,10,11)/b5-3-. The fourth-order valence-corrected chi connectivity index (χ4v) is 0.363. The lowest BCUT2D eigenvalue weighted by molar-refractivity contribution is -0.146. The fourth-order valence-electron chi connectivity index (χ4n) is 0.363. The van der Waals surface area contributed by atoms with E-state index in [1.54, 1.807) is 13.8 Å². The van der Waals surface area contributed by atoms with Crippen molar-refractivity contribution in [1.82, 2.24) is 0 Å². The zero-order chi connectivity index (χ0) is 9.02. The van der Waals surface area contributed by atoms with Crippen molar-refractivity contribution >= 4 is 11.8 Å². The zero-order valence-electron chi connectivity index (χ0n) is 6.37. The van der Waals surface area contributed by atoms with Gasteiger partial charge in [-0.15, -0.1) is 0 Å². The third-order valence-electron chi connectivity index (χ3n) is 1.08. The van der Waals surface area contributed by atoms with Crippen LogP contribution >= 0.6 is 0 Å². The van der Waals surface area contributed by atoms with E-state index in [2.05, 4.69) is 0 Å². The third-order valence-corrected chi connectivity index (χ3v) is 1.08. The molecule has 0 bridgehead atoms. The summed E-state index contributed by atoms with van der Waals surface area (Å²) in [6, 6.07) is 0. The molecule has 0 aliphatic heterocycles. The summed E-state index contributed by atoms with van der Waals surface area (Å²) in [6.07, 6.45) is 0.715. The molecule has 62 valence electrons. The van der Waals surface area contributed by atoms with Crippen LogP contribution in [-0.2, 0) is 9.59 Å². The van der Waals surface area contributed by atoms with Gasteiger partial charge in [-0.2, -0.15) is 0 Å². The first-order valence-electron chi connectivity index (χ1n) is 3.13. The second-order valence-corrected chi connectivity index (χ2v) is 2.39. The number of ketones is 1. The van der Waals surface area contributed by atoms with E-state index in [-0.39, 0.29) is 11.7 Å². The van der Waals surface area contributed by atoms with Gasteiger partial charge < -0.3 is 10.2 Å². The number of aliphatic carboxylic acids is 1. The average Bonchev–Trinajstić information content (AvgIpc) is 1.87. The second kappa shape index (κ2) is 3.75. The van der Waals surface area contributed by atoms with Gasteiger partial charge in [-0.1, -0.05) is 13.8 Å². The number of carbonyl (C=O) groups excluding carboxylic acids is 1. The number of aliphatic hydroxyl groups is 1. The molecule has 4 nitrogen and oxygen atoms in total. The number of carboxylic acids is 1. The highest BCUT2D eigenvalue weighted by atomic mass is 16.4. The molecule has 0 rings (SSSR count). The monoisotopic (exact) mass is 158 g/mol. The summed E-state index contributed by atoms with van der Waals surface area (Å²) < 4.78 is 0. The minimum Gasteiger partial charge on any atom is -0.512 e. The van der Waals surface area contributed by atoms with E-state index in [0.717, 1.165) is 0 Å². The third kappa shape index (κ3) is 3.40. The van der Waals surface area contributed by atoms with Gasteiger partial charge in [-0.05, 0) is 0 Å². The van der Waals surface area contributed by atoms with Crippen molar-refractivity contribution in [1.29, 1.82) is 0 Å². The molecule has 0 heterocycles. The summed E-state index contributed by atoms with van der Waals surface area (Å²) >= 11 is 0. The minimum absolute atomic E-state index is 0.211. The molecule has 0 saturated carbocycles. The smallest absolute Gasteiger partial charge is 0.376 e. The van der Waals surface area contributed by atoms with E-state index in [1.165, 1.54) is 0 Å². The van der Waals surface area contributed by atoms with Gasteiger partial charge in [0.2, 0.25) is 0 Å². The number of aliphatic hydroxyl groups excluding tert-OH is 1. The van der Waals surface area contributed by atoms with Crippen molar-refractivity contribution < 1.29 is 19.8 Å². The molecule has 0 aliphatic rings. The molecule has 0 amide bonds. The SMILES string of the molecule is CC(C)/C(O)=C/C(=O)C(=O)O. The predicted molar refractivity (Wildman–Crippen MR) is 38.2 cm³/mol. The number of hydrogen-bond acceptors (Lipinski definition) is 3. The maximum Gasteiger partial charge on any atom is 0.376 e. The summed E-state index contributed by atoms with van der Waals surface area (Å²) in [4.78, 5) is 20.4. The van der Waals surface area contributed by atoms with Crippen molar-refractivity contribution in [3.05, 3.63) is 11.8 Å². The van der Waals surface area contributed by atoms with Crippen LogP contribution in [0.3, 0.4) is 0 Å². The summed E-state index contributed by atoms with van der Waals surface area (Å²) in [5.74, 6) is -3.09. The Morgan fingerprint density at radius 2 is 1.73 bits per heavy atom. The van der Waals surface area contributed by atoms with Gasteiger partial charge in [-0.3, -0.25) is 4.79 Å². The Morgan fingerprint density at radius 3 is 2.00 bits per heavy atom. The van der Waals surface area contributed by atoms with Crippen LogP contribution < -0.4 is 0 Å². The molecule has 0 fully saturated rings. The van der Waals surface area contributed by atoms with E-state index in [4.69, 9.17) is 10.2 Å². The Hall–Kier alpha value is -1.32. The van der Waals surface area contributed by atoms with Crippen LogP contribution in [0, 0.1) is 5.92 Å². The first-order valence-corrected chi connectivity index (χ1v) is 3.13. The molecule has 2 N–H and O–H groups in total. The van der Waals surface area contributed by atoms with Gasteiger partial charge in [0.05, 0.1) is 5.76 Å². The lowest BCUT2D eigenvalue weighted by atomic mass is 10.1. The van der Waals surface area contributed by atoms with Gasteiger partial charge in [0.25, 0.3) is 5.78 Å². The van der Waals surface area contributed by atoms with Gasteiger partial charge in [0.1, 0.15) is 0 Å². The lowest BCUT2D eigenvalue weighted by Crippen LogP contribution is -2.10. The molecular weight excluding hydrogens is 148 g/mol. The van der Waals surface area contributed by atoms with Crippen LogP contribution in [0.5, 0.6) is 0 Å². The molecule has 0 aromatic carbocycles. The molecule has 0 aromatic rings. The van der Waals surface area contributed by atoms with Gasteiger partial charge in [0.15, 0.2) is 0 Å². The molecule has 11 heavy (non-hydrogen) atoms. The Morgan fingerprint density at radius 1 is 1.27 bits per heavy atom. The lowest BCUT2D eigenvalue weighted by Gasteiger charge is -2.00. The molecule has 0 unspecified atom stereocenters. The Balaban J connectivity index is 4.32. The van der Waals surface area contributed by atoms with Gasteiger partial charge in [-0.25, -0.2) is 4.79 Å². The van der Waals surface area contributed by atoms with Crippen LogP contribution in [0.2, 0.25) is 0 Å². The van der Waals surface area contributed by atoms with Crippen molar-refractivity contribution in [2.75, 3.05) is 0 Å². The molecule has 0 radical (unpaired) electrons. The highest BCUT2D eigenvalue weighted by Crippen LogP contribution is 2.04. The fraction of sp³-hybridized carbons (Fsp3) is 0.429. The molecule has 4 heteroatoms. The van der Waals surface area contributed by atoms with E-state index >= 15 is 0 Å². The highest BCUT2D eigenvalue weighted by Gasteiger charge is 2.10. The first-order chi connectivity index (χ1) is 4.95. The Labute approximate surface area is 64.2 Å². The largest absolute Gasteiger partial charge is 0.512 e. The molecular formula is C7H10O4. The van der Waals surface area contributed by atoms with Crippen LogP contribution in [0.15, 0.2) is 11.8 Å². The van der Waals surface area contributed by atoms with Crippen LogP contribution in [-0.4, -0.2) is 22.0 Å². The van der Waals surface area contributed by atoms with E-state index in [1.807, 2.05) is 0 Å². The summed E-state index contributed by atoms with van der Waals surface area (Å²) in [5, 5.41) is 17.0. The van der Waals surface area contributed by atoms with Crippen LogP contribution in [0.1, 0.15) is 13.8 Å². The maximum atomic E-state index is 10.4. The number of carbonyl (C=O) groups is 2. The average molecular weight is 158 g/mol. The number of allylic oxidation sites excluding steroid dienone is 1. The van der Waals surface area contributed by atoms with Crippen LogP contribution in [0.4, 0.5) is 0 Å². The van der Waals surface area contributed by atoms with Gasteiger partial charge in [0, 0.05) is 12.0 Å². The number of carboxylic acid groups (broad SMARTS) is 1. The number of hydrogen-bond donors (Lipinski definition) is 2. The zero-order valence-corrected chi connectivity index (χ0v) is 6.37. The van der Waals surface area contributed by atoms with E-state index in [9.17, 15) is 9.59 Å². The minimum atomic E-state index is -1.56. The van der Waals surface area contributed by atoms with Crippen molar-refractivity contribution in [2.45, 2.75) is 13.8 Å². The maximum absolute atomic E-state index is 10.4. The van der Waals surface area contributed by atoms with Crippen LogP contribution in [0.25, 0.3) is 0 Å². The molecule has 0 saturated heterocycles. The topological polar surface area (TPSA) is 74.6 Å². The number of rotatable bonds is 3. The normalized spacial score (nSPS) is 11.7. The summed E-state index contributed by atoms with van der Waals surface area (Å²) in [6.45, 7) is 3.31. The second-order valence-electron chi connectivity index (χ2n) is 2.39. The van der Waals surface area contributed by atoms with E-state index < -0.39 is 11.8 Å². The Bertz CT molecular complexity index is 202. The first kappa shape index (κ1) is 9.68. The highest BCUT2D eigenvalue weighted by molar-refractivity contribution is 6.37. The molecule has 0 aliphatic carbocycles. The van der Waals surface area contributed by atoms with Gasteiger partial charge >= 0.3 is 5.97 Å².